The van der Waals surface area contributed by atoms with Gasteiger partial charge in [-0.2, -0.15) is 0 Å². The molecular weight excluding hydrogens is 600 g/mol. The number of rotatable bonds is 14. The number of nitrogens with one attached hydrogen (secondary N) is 3. The summed E-state index contributed by atoms with van der Waals surface area (Å²) < 4.78 is 0. The highest BCUT2D eigenvalue weighted by atomic mass is 16.2. The van der Waals surface area contributed by atoms with Crippen LogP contribution >= 0.6 is 0 Å². The van der Waals surface area contributed by atoms with Gasteiger partial charge in [0.2, 0.25) is 23.5 Å². The molecule has 1 saturated carbocycles. The zero-order valence-corrected chi connectivity index (χ0v) is 28.5. The Morgan fingerprint density at radius 1 is 1.11 bits per heavy atom. The molecule has 12 nitrogen and oxygen atoms in total. The SMILES string of the molecule is C=CC(=N/C=C\C)C(=O)N[C@H](C(=O)N[C@H](C(=O)N1C[C@H]2[C@@H]([C@H]1C(=O)NC(CCC)C(=O)C(N)=O)C2(C)C)C(C)(C)C)C1C=CC=CC1. The fraction of sp³-hybridized carbons (Fsp3) is 0.571. The van der Waals surface area contributed by atoms with Gasteiger partial charge >= 0.3 is 0 Å². The van der Waals surface area contributed by atoms with Crippen LogP contribution in [-0.4, -0.2) is 76.6 Å². The van der Waals surface area contributed by atoms with Crippen molar-refractivity contribution in [2.24, 2.45) is 39.3 Å². The van der Waals surface area contributed by atoms with E-state index in [1.807, 2.05) is 59.8 Å². The number of aliphatic imine (C=N–C) groups is 1. The van der Waals surface area contributed by atoms with Gasteiger partial charge in [0.05, 0.1) is 6.04 Å². The smallest absolute Gasteiger partial charge is 0.287 e. The number of hydrogen-bond donors (Lipinski definition) is 4. The van der Waals surface area contributed by atoms with Crippen molar-refractivity contribution in [1.29, 1.82) is 0 Å². The van der Waals surface area contributed by atoms with Crippen molar-refractivity contribution >= 4 is 41.0 Å². The third-order valence-corrected chi connectivity index (χ3v) is 9.41. The second-order valence-corrected chi connectivity index (χ2v) is 14.1. The fourth-order valence-electron chi connectivity index (χ4n) is 6.63. The van der Waals surface area contributed by atoms with Gasteiger partial charge in [0, 0.05) is 18.7 Å². The minimum Gasteiger partial charge on any atom is -0.363 e. The summed E-state index contributed by atoms with van der Waals surface area (Å²) in [7, 11) is 0. The van der Waals surface area contributed by atoms with Gasteiger partial charge in [-0.25, -0.2) is 0 Å². The molecule has 2 unspecified atom stereocenters. The molecule has 1 heterocycles. The lowest BCUT2D eigenvalue weighted by Gasteiger charge is -2.38. The summed E-state index contributed by atoms with van der Waals surface area (Å²) in [5, 5.41) is 8.39. The van der Waals surface area contributed by atoms with Crippen molar-refractivity contribution in [3.8, 4) is 0 Å². The second kappa shape index (κ2) is 15.0. The number of nitrogens with two attached hydrogens (primary N) is 1. The number of amides is 5. The highest BCUT2D eigenvalue weighted by Crippen LogP contribution is 2.65. The number of likely N-dealkylation sites (tertiary alicyclic amines) is 1. The summed E-state index contributed by atoms with van der Waals surface area (Å²) in [4.78, 5) is 85.2. The minimum absolute atomic E-state index is 0.0311. The maximum atomic E-state index is 14.4. The van der Waals surface area contributed by atoms with Gasteiger partial charge in [-0.3, -0.25) is 33.8 Å². The van der Waals surface area contributed by atoms with Crippen LogP contribution in [0.2, 0.25) is 0 Å². The van der Waals surface area contributed by atoms with Crippen molar-refractivity contribution in [1.82, 2.24) is 20.9 Å². The second-order valence-electron chi connectivity index (χ2n) is 14.1. The summed E-state index contributed by atoms with van der Waals surface area (Å²) in [6.45, 7) is 17.0. The average molecular weight is 651 g/mol. The fourth-order valence-corrected chi connectivity index (χ4v) is 6.63. The van der Waals surface area contributed by atoms with Crippen LogP contribution in [0.4, 0.5) is 0 Å². The number of carbonyl (C=O) groups is 6. The molecule has 3 rings (SSSR count). The molecule has 3 aliphatic rings. The zero-order valence-electron chi connectivity index (χ0n) is 28.5. The first kappa shape index (κ1) is 37.1. The first-order valence-corrected chi connectivity index (χ1v) is 16.2. The van der Waals surface area contributed by atoms with Gasteiger partial charge in [-0.15, -0.1) is 0 Å². The van der Waals surface area contributed by atoms with Crippen molar-refractivity contribution in [3.05, 3.63) is 49.2 Å². The number of carbonyl (C=O) groups excluding carboxylic acids is 6. The molecule has 12 heteroatoms. The summed E-state index contributed by atoms with van der Waals surface area (Å²) in [6, 6.07) is -4.12. The number of fused-ring (bicyclic) bond motifs is 1. The van der Waals surface area contributed by atoms with E-state index < -0.39 is 70.8 Å². The highest BCUT2D eigenvalue weighted by Gasteiger charge is 2.70. The monoisotopic (exact) mass is 650 g/mol. The summed E-state index contributed by atoms with van der Waals surface area (Å²) in [6.07, 6.45) is 13.0. The van der Waals surface area contributed by atoms with E-state index >= 15 is 0 Å². The van der Waals surface area contributed by atoms with E-state index in [-0.39, 0.29) is 29.4 Å². The molecule has 0 spiro atoms. The van der Waals surface area contributed by atoms with Crippen LogP contribution in [0.25, 0.3) is 0 Å². The van der Waals surface area contributed by atoms with E-state index in [9.17, 15) is 28.8 Å². The van der Waals surface area contributed by atoms with Gasteiger partial charge in [-0.05, 0) is 48.5 Å². The Kier molecular flexibility index (Phi) is 11.9. The molecular formula is C35H50N6O6. The normalized spacial score (nSPS) is 24.9. The molecule has 0 radical (unpaired) electrons. The molecule has 256 valence electrons. The van der Waals surface area contributed by atoms with E-state index in [1.54, 1.807) is 19.1 Å². The molecule has 1 aliphatic heterocycles. The highest BCUT2D eigenvalue weighted by molar-refractivity contribution is 6.43. The number of Topliss-reactive ketones (excluding diaryl/α,β-unsaturated/α-hetero) is 1. The topological polar surface area (TPSA) is 180 Å². The Bertz CT molecular complexity index is 1400. The Labute approximate surface area is 277 Å². The molecule has 5 N–H and O–H groups in total. The van der Waals surface area contributed by atoms with E-state index in [0.29, 0.717) is 19.4 Å². The van der Waals surface area contributed by atoms with Crippen LogP contribution in [0.15, 0.2) is 54.2 Å². The van der Waals surface area contributed by atoms with Gasteiger partial charge in [0.1, 0.15) is 23.8 Å². The summed E-state index contributed by atoms with van der Waals surface area (Å²) in [5.41, 5.74) is 4.26. The van der Waals surface area contributed by atoms with Crippen LogP contribution in [0.1, 0.15) is 67.7 Å². The third-order valence-electron chi connectivity index (χ3n) is 9.41. The van der Waals surface area contributed by atoms with Gasteiger partial charge in [0.15, 0.2) is 0 Å². The number of primary amides is 1. The van der Waals surface area contributed by atoms with E-state index in [2.05, 4.69) is 27.5 Å². The molecule has 7 atom stereocenters. The molecule has 0 aromatic heterocycles. The summed E-state index contributed by atoms with van der Waals surface area (Å²) in [5.74, 6) is -4.71. The van der Waals surface area contributed by atoms with Gasteiger partial charge in [0.25, 0.3) is 11.8 Å². The Hall–Kier alpha value is -4.35. The quantitative estimate of drug-likeness (QED) is 0.165. The Morgan fingerprint density at radius 2 is 1.79 bits per heavy atom. The number of allylic oxidation sites excluding steroid dienone is 4. The lowest BCUT2D eigenvalue weighted by Crippen LogP contribution is -2.63. The largest absolute Gasteiger partial charge is 0.363 e. The van der Waals surface area contributed by atoms with Gasteiger partial charge in [-0.1, -0.05) is 84.9 Å². The van der Waals surface area contributed by atoms with E-state index in [4.69, 9.17) is 5.73 Å². The van der Waals surface area contributed by atoms with E-state index in [0.717, 1.165) is 0 Å². The maximum Gasteiger partial charge on any atom is 0.287 e. The van der Waals surface area contributed by atoms with Crippen molar-refractivity contribution in [3.63, 3.8) is 0 Å². The van der Waals surface area contributed by atoms with Crippen molar-refractivity contribution in [2.45, 2.75) is 91.9 Å². The van der Waals surface area contributed by atoms with Crippen LogP contribution in [0.5, 0.6) is 0 Å². The molecule has 0 aromatic carbocycles. The van der Waals surface area contributed by atoms with Crippen molar-refractivity contribution < 1.29 is 28.8 Å². The molecule has 2 aliphatic carbocycles. The summed E-state index contributed by atoms with van der Waals surface area (Å²) >= 11 is 0. The molecule has 47 heavy (non-hydrogen) atoms. The van der Waals surface area contributed by atoms with Crippen LogP contribution in [-0.2, 0) is 28.8 Å². The Balaban J connectivity index is 1.92. The van der Waals surface area contributed by atoms with Crippen LogP contribution in [0.3, 0.4) is 0 Å². The number of nitrogens with zero attached hydrogens (tertiary/aromatic N) is 2. The molecule has 2 fully saturated rings. The standard InChI is InChI=1S/C35H50N6O6/c1-9-15-23(27(42)29(36)43)38-32(46)26-24-21(35(24,7)8)19-41(26)33(47)28(34(4,5)6)40-31(45)25(20-16-13-12-14-17-20)39-30(44)22(11-3)37-18-10-2/h10-14,16,18,20-21,23-26,28H,3,9,15,17,19H2,1-2,4-8H3,(H2,36,43)(H,38,46)(H,39,44)(H,40,45)/b18-10-,37-22?/t20?,21-,23?,24-,25-,26-,28+/m0/s1. The predicted molar refractivity (Wildman–Crippen MR) is 179 cm³/mol. The molecule has 0 aromatic rings. The zero-order chi connectivity index (χ0) is 35.3. The first-order chi connectivity index (χ1) is 22.0. The number of ketones is 1. The first-order valence-electron chi connectivity index (χ1n) is 16.2. The Morgan fingerprint density at radius 3 is 2.32 bits per heavy atom. The number of piperidine rings is 1. The molecule has 0 bridgehead atoms. The predicted octanol–water partition coefficient (Wildman–Crippen LogP) is 2.12. The third kappa shape index (κ3) is 8.33. The van der Waals surface area contributed by atoms with Crippen LogP contribution < -0.4 is 21.7 Å². The average Bonchev–Trinajstić information content (AvgIpc) is 3.33. The maximum absolute atomic E-state index is 14.4. The lowest BCUT2D eigenvalue weighted by molar-refractivity contribution is -0.146. The molecule has 5 amide bonds. The lowest BCUT2D eigenvalue weighted by atomic mass is 9.84. The number of hydrogen-bond acceptors (Lipinski definition) is 7. The van der Waals surface area contributed by atoms with E-state index in [1.165, 1.54) is 17.2 Å². The van der Waals surface area contributed by atoms with Crippen LogP contribution in [0, 0.1) is 28.6 Å². The van der Waals surface area contributed by atoms with Crippen molar-refractivity contribution in [2.75, 3.05) is 6.54 Å². The van der Waals surface area contributed by atoms with Gasteiger partial charge < -0.3 is 26.6 Å². The molecule has 1 saturated heterocycles. The minimum atomic E-state index is -1.14.